The molecule has 80 valence electrons. The van der Waals surface area contributed by atoms with Crippen LogP contribution in [0.2, 0.25) is 0 Å². The van der Waals surface area contributed by atoms with Gasteiger partial charge in [-0.3, -0.25) is 0 Å². The summed E-state index contributed by atoms with van der Waals surface area (Å²) < 4.78 is 15.5. The molecule has 0 amide bonds. The molecule has 0 fully saturated rings. The predicted molar refractivity (Wildman–Crippen MR) is 60.5 cm³/mol. The third-order valence-corrected chi connectivity index (χ3v) is 2.15. The lowest BCUT2D eigenvalue weighted by molar-refractivity contribution is 0.201. The molecule has 0 spiro atoms. The molecule has 0 unspecified atom stereocenters. The number of benzene rings is 1. The first-order chi connectivity index (χ1) is 7.22. The molecule has 0 aromatic heterocycles. The molecule has 0 N–H and O–H groups in total. The number of rotatable bonds is 5. The molecular weight excluding hydrogens is 191 g/mol. The van der Waals surface area contributed by atoms with E-state index in [0.29, 0.717) is 17.8 Å². The largest absolute Gasteiger partial charge is 0.493 e. The van der Waals surface area contributed by atoms with Crippen LogP contribution in [0.4, 0.5) is 0 Å². The van der Waals surface area contributed by atoms with E-state index in [9.17, 15) is 0 Å². The highest BCUT2D eigenvalue weighted by atomic mass is 16.5. The molecule has 2 radical (unpaired) electrons. The highest BCUT2D eigenvalue weighted by Crippen LogP contribution is 2.29. The summed E-state index contributed by atoms with van der Waals surface area (Å²) >= 11 is 0. The van der Waals surface area contributed by atoms with E-state index in [0.717, 1.165) is 17.7 Å². The summed E-state index contributed by atoms with van der Waals surface area (Å²) in [4.78, 5) is 0. The maximum atomic E-state index is 5.75. The first-order valence-electron chi connectivity index (χ1n) is 4.72. The Morgan fingerprint density at radius 2 is 1.87 bits per heavy atom. The van der Waals surface area contributed by atoms with Crippen LogP contribution in [0.1, 0.15) is 5.56 Å². The standard InChI is InChI=1S/C11H15BO3/c1-13-5-4-8-6-9(12)7-10(14-2)11(8)15-3/h6-7H,4-5H2,1-3H3. The summed E-state index contributed by atoms with van der Waals surface area (Å²) in [7, 11) is 10.6. The highest BCUT2D eigenvalue weighted by Gasteiger charge is 2.10. The van der Waals surface area contributed by atoms with Crippen LogP contribution < -0.4 is 14.9 Å². The lowest BCUT2D eigenvalue weighted by atomic mass is 9.92. The first kappa shape index (κ1) is 11.9. The van der Waals surface area contributed by atoms with Gasteiger partial charge in [0.1, 0.15) is 7.85 Å². The van der Waals surface area contributed by atoms with Crippen molar-refractivity contribution in [3.63, 3.8) is 0 Å². The van der Waals surface area contributed by atoms with E-state index in [2.05, 4.69) is 0 Å². The lowest BCUT2D eigenvalue weighted by Gasteiger charge is -2.13. The molecule has 1 rings (SSSR count). The van der Waals surface area contributed by atoms with Gasteiger partial charge in [-0.2, -0.15) is 0 Å². The van der Waals surface area contributed by atoms with Crippen LogP contribution in [0.25, 0.3) is 0 Å². The third kappa shape index (κ3) is 2.89. The molecule has 0 saturated carbocycles. The fourth-order valence-corrected chi connectivity index (χ4v) is 1.46. The van der Waals surface area contributed by atoms with Crippen LogP contribution in [0.3, 0.4) is 0 Å². The van der Waals surface area contributed by atoms with Crippen molar-refractivity contribution >= 4 is 13.3 Å². The van der Waals surface area contributed by atoms with Gasteiger partial charge in [0.2, 0.25) is 0 Å². The Kier molecular flexibility index (Phi) is 4.50. The van der Waals surface area contributed by atoms with Crippen LogP contribution in [-0.4, -0.2) is 35.8 Å². The Morgan fingerprint density at radius 1 is 1.13 bits per heavy atom. The quantitative estimate of drug-likeness (QED) is 0.663. The van der Waals surface area contributed by atoms with E-state index in [1.807, 2.05) is 6.07 Å². The molecule has 1 aromatic carbocycles. The van der Waals surface area contributed by atoms with E-state index in [-0.39, 0.29) is 0 Å². The summed E-state index contributed by atoms with van der Waals surface area (Å²) in [5.74, 6) is 1.38. The van der Waals surface area contributed by atoms with Crippen LogP contribution in [0.15, 0.2) is 12.1 Å². The number of ether oxygens (including phenoxy) is 3. The molecule has 0 atom stereocenters. The fraction of sp³-hybridized carbons (Fsp3) is 0.455. The van der Waals surface area contributed by atoms with E-state index in [1.165, 1.54) is 0 Å². The minimum absolute atomic E-state index is 0.628. The highest BCUT2D eigenvalue weighted by molar-refractivity contribution is 6.32. The topological polar surface area (TPSA) is 27.7 Å². The van der Waals surface area contributed by atoms with Crippen molar-refractivity contribution in [3.05, 3.63) is 17.7 Å². The Morgan fingerprint density at radius 3 is 2.40 bits per heavy atom. The normalized spacial score (nSPS) is 10.1. The van der Waals surface area contributed by atoms with Crippen molar-refractivity contribution in [1.29, 1.82) is 0 Å². The Labute approximate surface area is 91.7 Å². The van der Waals surface area contributed by atoms with Gasteiger partial charge in [0.25, 0.3) is 0 Å². The van der Waals surface area contributed by atoms with E-state index < -0.39 is 0 Å². The zero-order valence-corrected chi connectivity index (χ0v) is 9.37. The maximum Gasteiger partial charge on any atom is 0.163 e. The first-order valence-corrected chi connectivity index (χ1v) is 4.72. The smallest absolute Gasteiger partial charge is 0.163 e. The molecule has 0 aliphatic rings. The summed E-state index contributed by atoms with van der Waals surface area (Å²) in [6, 6.07) is 3.62. The molecule has 3 nitrogen and oxygen atoms in total. The van der Waals surface area contributed by atoms with Gasteiger partial charge in [0.15, 0.2) is 11.5 Å². The van der Waals surface area contributed by atoms with E-state index in [4.69, 9.17) is 22.1 Å². The van der Waals surface area contributed by atoms with Crippen LogP contribution in [0.5, 0.6) is 11.5 Å². The second-order valence-corrected chi connectivity index (χ2v) is 3.16. The summed E-state index contributed by atoms with van der Waals surface area (Å²) in [6.45, 7) is 0.628. The van der Waals surface area contributed by atoms with Crippen molar-refractivity contribution in [2.45, 2.75) is 6.42 Å². The number of methoxy groups -OCH3 is 3. The summed E-state index contributed by atoms with van der Waals surface area (Å²) in [5.41, 5.74) is 1.66. The zero-order chi connectivity index (χ0) is 11.3. The second kappa shape index (κ2) is 5.66. The molecular formula is C11H15BO3. The average molecular weight is 206 g/mol. The summed E-state index contributed by atoms with van der Waals surface area (Å²) in [5, 5.41) is 0. The molecule has 0 bridgehead atoms. The second-order valence-electron chi connectivity index (χ2n) is 3.16. The number of hydrogen-bond acceptors (Lipinski definition) is 3. The number of hydrogen-bond donors (Lipinski definition) is 0. The van der Waals surface area contributed by atoms with Gasteiger partial charge in [-0.15, -0.1) is 0 Å². The van der Waals surface area contributed by atoms with Crippen LogP contribution >= 0.6 is 0 Å². The van der Waals surface area contributed by atoms with Crippen molar-refractivity contribution in [1.82, 2.24) is 0 Å². The predicted octanol–water partition coefficient (Wildman–Crippen LogP) is 0.687. The van der Waals surface area contributed by atoms with Crippen LogP contribution in [-0.2, 0) is 11.2 Å². The van der Waals surface area contributed by atoms with Gasteiger partial charge >= 0.3 is 0 Å². The average Bonchev–Trinajstić information content (AvgIpc) is 2.25. The maximum absolute atomic E-state index is 5.75. The molecule has 15 heavy (non-hydrogen) atoms. The molecule has 1 aromatic rings. The van der Waals surface area contributed by atoms with Crippen molar-refractivity contribution in [2.75, 3.05) is 27.9 Å². The minimum Gasteiger partial charge on any atom is -0.493 e. The molecule has 0 aliphatic heterocycles. The van der Waals surface area contributed by atoms with Gasteiger partial charge in [-0.1, -0.05) is 11.5 Å². The molecule has 4 heteroatoms. The minimum atomic E-state index is 0.628. The lowest BCUT2D eigenvalue weighted by Crippen LogP contribution is -2.09. The van der Waals surface area contributed by atoms with Crippen molar-refractivity contribution in [2.24, 2.45) is 0 Å². The van der Waals surface area contributed by atoms with Gasteiger partial charge in [-0.25, -0.2) is 0 Å². The summed E-state index contributed by atoms with van der Waals surface area (Å²) in [6.07, 6.45) is 0.751. The molecule has 0 aliphatic carbocycles. The molecule has 0 heterocycles. The Balaban J connectivity index is 3.05. The Bertz CT molecular complexity index is 326. The van der Waals surface area contributed by atoms with Gasteiger partial charge in [0.05, 0.1) is 20.8 Å². The Hall–Kier alpha value is -1.16. The van der Waals surface area contributed by atoms with E-state index in [1.54, 1.807) is 27.4 Å². The molecule has 0 saturated heterocycles. The van der Waals surface area contributed by atoms with E-state index >= 15 is 0 Å². The monoisotopic (exact) mass is 206 g/mol. The van der Waals surface area contributed by atoms with Gasteiger partial charge in [0, 0.05) is 7.11 Å². The third-order valence-electron chi connectivity index (χ3n) is 2.15. The van der Waals surface area contributed by atoms with Gasteiger partial charge in [-0.05, 0) is 18.1 Å². The van der Waals surface area contributed by atoms with Crippen molar-refractivity contribution in [3.8, 4) is 11.5 Å². The fourth-order valence-electron chi connectivity index (χ4n) is 1.46. The SMILES string of the molecule is [B]c1cc(CCOC)c(OC)c(OC)c1. The van der Waals surface area contributed by atoms with Gasteiger partial charge < -0.3 is 14.2 Å². The van der Waals surface area contributed by atoms with Crippen LogP contribution in [0, 0.1) is 0 Å². The zero-order valence-electron chi connectivity index (χ0n) is 9.37. The van der Waals surface area contributed by atoms with Crippen molar-refractivity contribution < 1.29 is 14.2 Å².